The van der Waals surface area contributed by atoms with Crippen LogP contribution in [0, 0.1) is 6.92 Å². The summed E-state index contributed by atoms with van der Waals surface area (Å²) in [7, 11) is 0. The van der Waals surface area contributed by atoms with Crippen LogP contribution in [0.5, 0.6) is 0 Å². The van der Waals surface area contributed by atoms with Gasteiger partial charge in [-0.25, -0.2) is 9.59 Å². The Morgan fingerprint density at radius 2 is 1.96 bits per heavy atom. The van der Waals surface area contributed by atoms with Crippen LogP contribution in [0.15, 0.2) is 35.5 Å². The van der Waals surface area contributed by atoms with Crippen LogP contribution in [0.25, 0.3) is 0 Å². The fourth-order valence-electron chi connectivity index (χ4n) is 2.52. The molecule has 0 radical (unpaired) electrons. The van der Waals surface area contributed by atoms with Crippen LogP contribution in [-0.4, -0.2) is 31.2 Å². The molecule has 0 bridgehead atoms. The topological polar surface area (TPSA) is 79.5 Å². The Hall–Kier alpha value is -2.34. The fourth-order valence-corrected chi connectivity index (χ4v) is 2.52. The SMILES string of the molecule is CCOC(=O)C1=C(CNC(C)C)NC(=O)NC1c1ccc(C)cc1. The predicted octanol–water partition coefficient (Wildman–Crippen LogP) is 2.16. The van der Waals surface area contributed by atoms with Gasteiger partial charge in [0.15, 0.2) is 0 Å². The van der Waals surface area contributed by atoms with E-state index in [9.17, 15) is 9.59 Å². The summed E-state index contributed by atoms with van der Waals surface area (Å²) in [6.07, 6.45) is 0. The lowest BCUT2D eigenvalue weighted by Crippen LogP contribution is -2.48. The molecule has 0 saturated heterocycles. The maximum Gasteiger partial charge on any atom is 0.338 e. The summed E-state index contributed by atoms with van der Waals surface area (Å²) in [4.78, 5) is 24.6. The summed E-state index contributed by atoms with van der Waals surface area (Å²) in [5.41, 5.74) is 2.95. The Morgan fingerprint density at radius 3 is 2.54 bits per heavy atom. The van der Waals surface area contributed by atoms with Gasteiger partial charge in [-0.05, 0) is 19.4 Å². The first-order valence-corrected chi connectivity index (χ1v) is 8.20. The van der Waals surface area contributed by atoms with Gasteiger partial charge in [0.1, 0.15) is 0 Å². The molecule has 1 aromatic rings. The Labute approximate surface area is 142 Å². The summed E-state index contributed by atoms with van der Waals surface area (Å²) < 4.78 is 5.21. The number of esters is 1. The van der Waals surface area contributed by atoms with E-state index < -0.39 is 12.0 Å². The van der Waals surface area contributed by atoms with E-state index in [4.69, 9.17) is 4.74 Å². The molecule has 0 aliphatic carbocycles. The number of hydrogen-bond donors (Lipinski definition) is 3. The molecule has 24 heavy (non-hydrogen) atoms. The average molecular weight is 331 g/mol. The van der Waals surface area contributed by atoms with Gasteiger partial charge in [-0.15, -0.1) is 0 Å². The molecule has 1 atom stereocenters. The number of hydrogen-bond acceptors (Lipinski definition) is 4. The van der Waals surface area contributed by atoms with Crippen molar-refractivity contribution in [1.29, 1.82) is 0 Å². The second kappa shape index (κ2) is 7.97. The molecule has 0 aromatic heterocycles. The summed E-state index contributed by atoms with van der Waals surface area (Å²) in [5.74, 6) is -0.420. The van der Waals surface area contributed by atoms with Crippen LogP contribution in [-0.2, 0) is 9.53 Å². The van der Waals surface area contributed by atoms with Crippen molar-refractivity contribution in [2.24, 2.45) is 0 Å². The van der Waals surface area contributed by atoms with Crippen LogP contribution < -0.4 is 16.0 Å². The van der Waals surface area contributed by atoms with Gasteiger partial charge < -0.3 is 20.7 Å². The Bertz CT molecular complexity index is 635. The maximum absolute atomic E-state index is 12.5. The molecule has 1 unspecified atom stereocenters. The third-order valence-electron chi connectivity index (χ3n) is 3.75. The highest BCUT2D eigenvalue weighted by Crippen LogP contribution is 2.27. The van der Waals surface area contributed by atoms with Gasteiger partial charge in [-0.2, -0.15) is 0 Å². The highest BCUT2D eigenvalue weighted by molar-refractivity contribution is 5.95. The van der Waals surface area contributed by atoms with E-state index in [2.05, 4.69) is 16.0 Å². The van der Waals surface area contributed by atoms with Crippen molar-refractivity contribution in [2.75, 3.05) is 13.2 Å². The minimum absolute atomic E-state index is 0.227. The number of carbonyl (C=O) groups excluding carboxylic acids is 2. The lowest BCUT2D eigenvalue weighted by Gasteiger charge is -2.30. The third kappa shape index (κ3) is 4.35. The lowest BCUT2D eigenvalue weighted by atomic mass is 9.94. The number of nitrogens with one attached hydrogen (secondary N) is 3. The molecular weight excluding hydrogens is 306 g/mol. The summed E-state index contributed by atoms with van der Waals surface area (Å²) in [6, 6.07) is 7.12. The fraction of sp³-hybridized carbons (Fsp3) is 0.444. The van der Waals surface area contributed by atoms with Gasteiger partial charge in [0.05, 0.1) is 18.2 Å². The van der Waals surface area contributed by atoms with E-state index in [-0.39, 0.29) is 18.7 Å². The van der Waals surface area contributed by atoms with Crippen LogP contribution in [0.2, 0.25) is 0 Å². The molecule has 3 N–H and O–H groups in total. The number of carbonyl (C=O) groups is 2. The summed E-state index contributed by atoms with van der Waals surface area (Å²) in [6.45, 7) is 8.43. The average Bonchev–Trinajstić information content (AvgIpc) is 2.53. The molecule has 1 aliphatic rings. The molecule has 2 amide bonds. The van der Waals surface area contributed by atoms with Gasteiger partial charge in [0.2, 0.25) is 0 Å². The van der Waals surface area contributed by atoms with Crippen molar-refractivity contribution in [3.8, 4) is 0 Å². The summed E-state index contributed by atoms with van der Waals surface area (Å²) >= 11 is 0. The molecule has 0 fully saturated rings. The minimum atomic E-state index is -0.526. The molecular formula is C18H25N3O3. The standard InChI is InChI=1S/C18H25N3O3/c1-5-24-17(22)15-14(10-19-11(2)3)20-18(23)21-16(15)13-8-6-12(4)7-9-13/h6-9,11,16,19H,5,10H2,1-4H3,(H2,20,21,23). The van der Waals surface area contributed by atoms with Gasteiger partial charge >= 0.3 is 12.0 Å². The quantitative estimate of drug-likeness (QED) is 0.698. The largest absolute Gasteiger partial charge is 0.463 e. The normalized spacial score (nSPS) is 17.5. The van der Waals surface area contributed by atoms with Crippen molar-refractivity contribution in [2.45, 2.75) is 39.8 Å². The highest BCUT2D eigenvalue weighted by Gasteiger charge is 2.33. The summed E-state index contributed by atoms with van der Waals surface area (Å²) in [5, 5.41) is 8.80. The van der Waals surface area contributed by atoms with Crippen molar-refractivity contribution in [1.82, 2.24) is 16.0 Å². The molecule has 130 valence electrons. The smallest absolute Gasteiger partial charge is 0.338 e. The zero-order valence-electron chi connectivity index (χ0n) is 14.6. The first-order chi connectivity index (χ1) is 11.4. The molecule has 0 spiro atoms. The number of urea groups is 1. The first kappa shape index (κ1) is 18.0. The first-order valence-electron chi connectivity index (χ1n) is 8.20. The zero-order valence-corrected chi connectivity index (χ0v) is 14.6. The molecule has 1 aromatic carbocycles. The maximum atomic E-state index is 12.5. The Morgan fingerprint density at radius 1 is 1.29 bits per heavy atom. The monoisotopic (exact) mass is 331 g/mol. The Kier molecular flexibility index (Phi) is 5.98. The van der Waals surface area contributed by atoms with Crippen molar-refractivity contribution in [3.05, 3.63) is 46.7 Å². The van der Waals surface area contributed by atoms with Crippen molar-refractivity contribution < 1.29 is 14.3 Å². The Balaban J connectivity index is 2.44. The van der Waals surface area contributed by atoms with Gasteiger partial charge in [0, 0.05) is 18.3 Å². The van der Waals surface area contributed by atoms with E-state index in [0.29, 0.717) is 17.8 Å². The number of ether oxygens (including phenoxy) is 1. The molecule has 2 rings (SSSR count). The second-order valence-electron chi connectivity index (χ2n) is 6.09. The predicted molar refractivity (Wildman–Crippen MR) is 92.4 cm³/mol. The molecule has 1 aliphatic heterocycles. The van der Waals surface area contributed by atoms with E-state index in [1.165, 1.54) is 0 Å². The van der Waals surface area contributed by atoms with E-state index >= 15 is 0 Å². The van der Waals surface area contributed by atoms with E-state index in [0.717, 1.165) is 11.1 Å². The number of aryl methyl sites for hydroxylation is 1. The van der Waals surface area contributed by atoms with Gasteiger partial charge in [0.25, 0.3) is 0 Å². The van der Waals surface area contributed by atoms with Crippen LogP contribution in [0.4, 0.5) is 4.79 Å². The minimum Gasteiger partial charge on any atom is -0.463 e. The lowest BCUT2D eigenvalue weighted by molar-refractivity contribution is -0.139. The molecule has 6 nitrogen and oxygen atoms in total. The van der Waals surface area contributed by atoms with E-state index in [1.54, 1.807) is 6.92 Å². The van der Waals surface area contributed by atoms with Crippen molar-refractivity contribution in [3.63, 3.8) is 0 Å². The van der Waals surface area contributed by atoms with Crippen LogP contribution in [0.1, 0.15) is 37.9 Å². The highest BCUT2D eigenvalue weighted by atomic mass is 16.5. The molecule has 1 heterocycles. The number of amides is 2. The zero-order chi connectivity index (χ0) is 17.7. The second-order valence-corrected chi connectivity index (χ2v) is 6.09. The van der Waals surface area contributed by atoms with Crippen LogP contribution in [0.3, 0.4) is 0 Å². The number of benzene rings is 1. The van der Waals surface area contributed by atoms with E-state index in [1.807, 2.05) is 45.0 Å². The van der Waals surface area contributed by atoms with Crippen LogP contribution >= 0.6 is 0 Å². The number of rotatable bonds is 6. The third-order valence-corrected chi connectivity index (χ3v) is 3.75. The van der Waals surface area contributed by atoms with Crippen molar-refractivity contribution >= 4 is 12.0 Å². The molecule has 0 saturated carbocycles. The van der Waals surface area contributed by atoms with Gasteiger partial charge in [-0.3, -0.25) is 0 Å². The van der Waals surface area contributed by atoms with Gasteiger partial charge in [-0.1, -0.05) is 43.7 Å². The molecule has 6 heteroatoms.